The van der Waals surface area contributed by atoms with Crippen LogP contribution in [0.4, 0.5) is 0 Å². The molecule has 2 aromatic heterocycles. The number of nitrogens with zero attached hydrogens (tertiary/aromatic N) is 2. The van der Waals surface area contributed by atoms with Gasteiger partial charge in [0.15, 0.2) is 0 Å². The molecule has 41 heavy (non-hydrogen) atoms. The zero-order chi connectivity index (χ0) is 27.1. The standard InChI is InChI=1S/C31H39N2P2.C5H5.Fe/c1-28(2,3)31(35,29-18-21-15-22(19-29)17-23(16-21)20-29)25-10-8-9-24(25)30(34,26-11-4-6-13-32-26)27-12-5-7-14-33-27;1-2-4-5-3-1;/h4-14,21-23H,15-20,34-35H2,1-3H3;1-5H;. The Morgan fingerprint density at radius 2 is 1.15 bits per heavy atom. The first-order valence-corrected chi connectivity index (χ1v) is 24.4. The molecule has 10 aliphatic heterocycles. The van der Waals surface area contributed by atoms with E-state index in [4.69, 9.17) is 9.97 Å². The Balaban J connectivity index is 1.12. The van der Waals surface area contributed by atoms with Gasteiger partial charge in [-0.2, -0.15) is 0 Å². The normalized spacial score (nSPS) is 73.9. The summed E-state index contributed by atoms with van der Waals surface area (Å²) in [5.74, 6) is 3.04. The van der Waals surface area contributed by atoms with Crippen molar-refractivity contribution in [1.29, 1.82) is 0 Å². The van der Waals surface area contributed by atoms with E-state index >= 15 is 0 Å². The number of pyridine rings is 2. The fourth-order valence-corrected chi connectivity index (χ4v) is 112. The topological polar surface area (TPSA) is 25.8 Å². The van der Waals surface area contributed by atoms with Crippen LogP contribution in [0.3, 0.4) is 0 Å². The number of rotatable bonds is 5. The number of hydrogen-bond acceptors (Lipinski definition) is 2. The summed E-state index contributed by atoms with van der Waals surface area (Å²) >= 11 is 0. The Morgan fingerprint density at radius 1 is 0.683 bits per heavy atom. The summed E-state index contributed by atoms with van der Waals surface area (Å²) in [6.45, 7) is 4.11. The van der Waals surface area contributed by atoms with Crippen molar-refractivity contribution in [3.63, 3.8) is 0 Å². The summed E-state index contributed by atoms with van der Waals surface area (Å²) in [5.41, 5.74) is 3.54. The van der Waals surface area contributed by atoms with Crippen LogP contribution in [0.2, 0.25) is 47.2 Å². The second-order valence-electron chi connectivity index (χ2n) is 21.2. The molecule has 216 valence electrons. The molecule has 4 aliphatic carbocycles. The monoisotopic (exact) mass is 622 g/mol. The van der Waals surface area contributed by atoms with Gasteiger partial charge < -0.3 is 0 Å². The Kier molecular flexibility index (Phi) is 1.68. The van der Waals surface area contributed by atoms with Crippen molar-refractivity contribution in [3.05, 3.63) is 60.2 Å². The van der Waals surface area contributed by atoms with Crippen LogP contribution in [0.1, 0.15) is 70.7 Å². The minimum atomic E-state index is -4.11. The van der Waals surface area contributed by atoms with E-state index in [-0.39, 0.29) is 5.16 Å². The SMILES string of the molecule is CC(C)(C)C(P)(C12CC3CC(CC(C3)C1)C2)[C]12[CH]3[CH]4[CH]5[C]1(C(P)(c1ccccn1)c1ccccn1)[Fe]45321678[CH]2[CH]1[CH]6[CH]7[CH]28. The molecule has 0 aromatic carbocycles. The van der Waals surface area contributed by atoms with Crippen LogP contribution in [0.5, 0.6) is 0 Å². The van der Waals surface area contributed by atoms with Crippen LogP contribution in [0, 0.1) is 28.6 Å². The van der Waals surface area contributed by atoms with Gasteiger partial charge >= 0.3 is 240 Å². The Labute approximate surface area is 239 Å². The quantitative estimate of drug-likeness (QED) is 0.245. The molecule has 0 amide bonds. The van der Waals surface area contributed by atoms with Gasteiger partial charge in [-0.1, -0.05) is 0 Å². The van der Waals surface area contributed by atoms with Crippen LogP contribution in [0.25, 0.3) is 0 Å². The number of hydrogen-bond donors (Lipinski definition) is 0. The second kappa shape index (κ2) is 3.22. The molecule has 5 heteroatoms. The van der Waals surface area contributed by atoms with E-state index in [1.807, 2.05) is 0 Å². The van der Waals surface area contributed by atoms with E-state index in [2.05, 4.69) is 88.0 Å². The van der Waals surface area contributed by atoms with Crippen LogP contribution < -0.4 is 0 Å². The van der Waals surface area contributed by atoms with Crippen LogP contribution in [-0.4, -0.2) is 15.1 Å². The molecule has 0 N–H and O–H groups in total. The summed E-state index contributed by atoms with van der Waals surface area (Å²) < 4.78 is 1.13. The van der Waals surface area contributed by atoms with Gasteiger partial charge in [-0.25, -0.2) is 0 Å². The Hall–Kier alpha value is -0.321. The molecular weight excluding hydrogens is 578 g/mol. The third-order valence-corrected chi connectivity index (χ3v) is 70.8. The molecule has 14 aliphatic rings. The van der Waals surface area contributed by atoms with E-state index in [1.165, 1.54) is 45.1 Å². The molecular formula is C36H44FeN2P2. The van der Waals surface area contributed by atoms with E-state index in [9.17, 15) is 0 Å². The van der Waals surface area contributed by atoms with Gasteiger partial charge in [0, 0.05) is 0 Å². The second-order valence-corrected chi connectivity index (χ2v) is 46.2. The molecule has 14 fully saturated rings. The first-order chi connectivity index (χ1) is 19.4. The van der Waals surface area contributed by atoms with Crippen LogP contribution >= 0.6 is 18.5 Å². The Morgan fingerprint density at radius 3 is 1.51 bits per heavy atom. The third kappa shape index (κ3) is 0.558. The summed E-state index contributed by atoms with van der Waals surface area (Å²) in [4.78, 5) is 20.4. The maximum absolute atomic E-state index is 5.34. The average Bonchev–Trinajstić information content (AvgIpc) is 3.90. The predicted molar refractivity (Wildman–Crippen MR) is 167 cm³/mol. The van der Waals surface area contributed by atoms with Crippen LogP contribution in [0.15, 0.2) is 48.8 Å². The molecule has 0 radical (unpaired) electrons. The van der Waals surface area contributed by atoms with Gasteiger partial charge in [0.1, 0.15) is 0 Å². The van der Waals surface area contributed by atoms with E-state index in [0.29, 0.717) is 24.6 Å². The Bertz CT molecular complexity index is 2020. The van der Waals surface area contributed by atoms with Crippen molar-refractivity contribution in [2.75, 3.05) is 0 Å². The molecule has 4 bridgehead atoms. The van der Waals surface area contributed by atoms with Gasteiger partial charge in [-0.15, -0.1) is 0 Å². The molecule has 10 saturated heterocycles. The van der Waals surface area contributed by atoms with E-state index in [1.54, 1.807) is 38.5 Å². The summed E-state index contributed by atoms with van der Waals surface area (Å²) in [6, 6.07) is 13.7. The zero-order valence-corrected chi connectivity index (χ0v) is 28.0. The average molecular weight is 623 g/mol. The van der Waals surface area contributed by atoms with Crippen molar-refractivity contribution in [2.45, 2.75) is 117 Å². The van der Waals surface area contributed by atoms with Crippen molar-refractivity contribution >= 4 is 18.5 Å². The molecule has 1 spiro atoms. The minimum absolute atomic E-state index is 0.116. The first-order valence-electron chi connectivity index (χ1n) is 17.0. The zero-order valence-electron chi connectivity index (χ0n) is 24.6. The molecule has 16 rings (SSSR count). The van der Waals surface area contributed by atoms with Crippen molar-refractivity contribution in [3.8, 4) is 0 Å². The van der Waals surface area contributed by atoms with Gasteiger partial charge in [0.2, 0.25) is 0 Å². The van der Waals surface area contributed by atoms with E-state index < -0.39 is 6.51 Å². The van der Waals surface area contributed by atoms with Crippen molar-refractivity contribution < 1.29 is 6.51 Å². The first kappa shape index (κ1) is 21.4. The molecule has 2 aromatic rings. The fraction of sp³-hybridized carbons (Fsp3) is 0.722. The fourth-order valence-electron chi connectivity index (χ4n) is 26.9. The van der Waals surface area contributed by atoms with Crippen molar-refractivity contribution in [2.24, 2.45) is 28.6 Å². The number of aromatic nitrogens is 2. The van der Waals surface area contributed by atoms with Gasteiger partial charge in [-0.3, -0.25) is 0 Å². The van der Waals surface area contributed by atoms with E-state index in [0.717, 1.165) is 22.6 Å². The predicted octanol–water partition coefficient (Wildman–Crippen LogP) is 9.60. The summed E-state index contributed by atoms with van der Waals surface area (Å²) in [6.07, 6.45) is 13.5. The van der Waals surface area contributed by atoms with Gasteiger partial charge in [0.05, 0.1) is 0 Å². The van der Waals surface area contributed by atoms with Gasteiger partial charge in [-0.05, 0) is 0 Å². The van der Waals surface area contributed by atoms with Gasteiger partial charge in [0.25, 0.3) is 0 Å². The molecule has 8 unspecified atom stereocenters. The molecule has 8 atom stereocenters. The van der Waals surface area contributed by atoms with Crippen molar-refractivity contribution in [1.82, 2.24) is 9.97 Å². The summed E-state index contributed by atoms with van der Waals surface area (Å²) in [5, 5.41) is 0.244. The molecule has 4 saturated carbocycles. The summed E-state index contributed by atoms with van der Waals surface area (Å²) in [7, 11) is 7.70. The maximum atomic E-state index is 5.34. The molecule has 2 nitrogen and oxygen atoms in total. The molecule has 12 heterocycles. The third-order valence-electron chi connectivity index (χ3n) is 24.2. The number of fused-ring (bicyclic) bond motifs is 10. The van der Waals surface area contributed by atoms with Crippen LogP contribution in [-0.2, 0) is 11.7 Å².